The zero-order chi connectivity index (χ0) is 11.4. The molecule has 0 bridgehead atoms. The molecule has 0 heterocycles. The fourth-order valence-electron chi connectivity index (χ4n) is 1.43. The van der Waals surface area contributed by atoms with Gasteiger partial charge in [-0.3, -0.25) is 4.79 Å². The van der Waals surface area contributed by atoms with Gasteiger partial charge >= 0.3 is 0 Å². The average Bonchev–Trinajstić information content (AvgIpc) is 3.07. The van der Waals surface area contributed by atoms with Crippen LogP contribution in [0.2, 0.25) is 0 Å². The molecule has 16 heavy (non-hydrogen) atoms. The van der Waals surface area contributed by atoms with Crippen molar-refractivity contribution in [2.45, 2.75) is 25.4 Å². The molecule has 0 radical (unpaired) electrons. The maximum atomic E-state index is 12.8. The van der Waals surface area contributed by atoms with Crippen LogP contribution in [0.3, 0.4) is 0 Å². The van der Waals surface area contributed by atoms with Gasteiger partial charge < -0.3 is 10.6 Å². The van der Waals surface area contributed by atoms with Crippen molar-refractivity contribution in [1.82, 2.24) is 10.6 Å². The summed E-state index contributed by atoms with van der Waals surface area (Å²) in [5.41, 5.74) is 0.778. The first-order valence-electron chi connectivity index (χ1n) is 5.48. The van der Waals surface area contributed by atoms with Gasteiger partial charge in [-0.1, -0.05) is 12.1 Å². The van der Waals surface area contributed by atoms with Crippen molar-refractivity contribution in [1.29, 1.82) is 0 Å². The molecule has 1 fully saturated rings. The number of benzene rings is 1. The molecule has 1 aliphatic carbocycles. The molecule has 2 rings (SSSR count). The molecular weight excluding hydrogens is 207 g/mol. The van der Waals surface area contributed by atoms with E-state index in [1.807, 2.05) is 0 Å². The minimum atomic E-state index is -0.275. The normalized spacial score (nSPS) is 14.8. The van der Waals surface area contributed by atoms with Crippen LogP contribution in [-0.2, 0) is 11.3 Å². The van der Waals surface area contributed by atoms with Crippen LogP contribution in [0.4, 0.5) is 4.39 Å². The number of carbonyl (C=O) groups excluding carboxylic acids is 1. The van der Waals surface area contributed by atoms with E-state index < -0.39 is 0 Å². The van der Waals surface area contributed by atoms with Gasteiger partial charge in [0.2, 0.25) is 5.91 Å². The third-order valence-corrected chi connectivity index (χ3v) is 2.51. The smallest absolute Gasteiger partial charge is 0.234 e. The number of rotatable bonds is 5. The number of carbonyl (C=O) groups is 1. The molecule has 0 aliphatic heterocycles. The maximum Gasteiger partial charge on any atom is 0.234 e. The van der Waals surface area contributed by atoms with E-state index in [1.54, 1.807) is 12.1 Å². The number of nitrogens with one attached hydrogen (secondary N) is 2. The van der Waals surface area contributed by atoms with E-state index in [1.165, 1.54) is 12.1 Å². The fourth-order valence-corrected chi connectivity index (χ4v) is 1.43. The second kappa shape index (κ2) is 5.07. The summed E-state index contributed by atoms with van der Waals surface area (Å²) >= 11 is 0. The highest BCUT2D eigenvalue weighted by atomic mass is 19.1. The molecule has 1 aliphatic rings. The van der Waals surface area contributed by atoms with Gasteiger partial charge in [-0.2, -0.15) is 0 Å². The number of amides is 1. The molecular formula is C12H15FN2O. The largest absolute Gasteiger partial charge is 0.351 e. The number of hydrogen-bond donors (Lipinski definition) is 2. The van der Waals surface area contributed by atoms with Crippen molar-refractivity contribution in [2.75, 3.05) is 6.54 Å². The predicted octanol–water partition coefficient (Wildman–Crippen LogP) is 1.19. The van der Waals surface area contributed by atoms with Gasteiger partial charge in [-0.25, -0.2) is 4.39 Å². The Hall–Kier alpha value is -1.42. The molecule has 3 nitrogen and oxygen atoms in total. The van der Waals surface area contributed by atoms with E-state index in [4.69, 9.17) is 0 Å². The molecule has 1 amide bonds. The van der Waals surface area contributed by atoms with Gasteiger partial charge in [-0.05, 0) is 30.5 Å². The van der Waals surface area contributed by atoms with E-state index in [-0.39, 0.29) is 11.7 Å². The Kier molecular flexibility index (Phi) is 3.51. The van der Waals surface area contributed by atoms with Gasteiger partial charge in [0, 0.05) is 12.6 Å². The van der Waals surface area contributed by atoms with Gasteiger partial charge in [-0.15, -0.1) is 0 Å². The first-order chi connectivity index (χ1) is 7.74. The van der Waals surface area contributed by atoms with Crippen LogP contribution < -0.4 is 10.6 Å². The lowest BCUT2D eigenvalue weighted by molar-refractivity contribution is -0.120. The molecule has 0 spiro atoms. The van der Waals surface area contributed by atoms with E-state index in [0.717, 1.165) is 18.4 Å². The number of halogens is 1. The SMILES string of the molecule is O=C(CNC1CC1)NCc1cccc(F)c1. The highest BCUT2D eigenvalue weighted by Crippen LogP contribution is 2.17. The Labute approximate surface area is 94.0 Å². The summed E-state index contributed by atoms with van der Waals surface area (Å²) in [4.78, 5) is 11.4. The standard InChI is InChI=1S/C12H15FN2O/c13-10-3-1-2-9(6-10)7-15-12(16)8-14-11-4-5-11/h1-3,6,11,14H,4-5,7-8H2,(H,15,16). The van der Waals surface area contributed by atoms with E-state index in [2.05, 4.69) is 10.6 Å². The lowest BCUT2D eigenvalue weighted by Crippen LogP contribution is -2.34. The summed E-state index contributed by atoms with van der Waals surface area (Å²) in [5.74, 6) is -0.320. The lowest BCUT2D eigenvalue weighted by atomic mass is 10.2. The van der Waals surface area contributed by atoms with Gasteiger partial charge in [0.1, 0.15) is 5.82 Å². The Morgan fingerprint density at radius 1 is 1.44 bits per heavy atom. The fraction of sp³-hybridized carbons (Fsp3) is 0.417. The topological polar surface area (TPSA) is 41.1 Å². The molecule has 86 valence electrons. The number of hydrogen-bond acceptors (Lipinski definition) is 2. The van der Waals surface area contributed by atoms with Crippen LogP contribution in [0.1, 0.15) is 18.4 Å². The second-order valence-corrected chi connectivity index (χ2v) is 4.06. The molecule has 4 heteroatoms. The van der Waals surface area contributed by atoms with Crippen LogP contribution in [-0.4, -0.2) is 18.5 Å². The average molecular weight is 222 g/mol. The van der Waals surface area contributed by atoms with Gasteiger partial charge in [0.15, 0.2) is 0 Å². The molecule has 1 aromatic rings. The molecule has 1 aromatic carbocycles. The third-order valence-electron chi connectivity index (χ3n) is 2.51. The monoisotopic (exact) mass is 222 g/mol. The lowest BCUT2D eigenvalue weighted by Gasteiger charge is -2.06. The molecule has 0 aromatic heterocycles. The molecule has 0 atom stereocenters. The Morgan fingerprint density at radius 2 is 2.25 bits per heavy atom. The summed E-state index contributed by atoms with van der Waals surface area (Å²) in [6.45, 7) is 0.725. The summed E-state index contributed by atoms with van der Waals surface area (Å²) < 4.78 is 12.8. The highest BCUT2D eigenvalue weighted by molar-refractivity contribution is 5.78. The van der Waals surface area contributed by atoms with Crippen molar-refractivity contribution in [2.24, 2.45) is 0 Å². The van der Waals surface area contributed by atoms with E-state index in [9.17, 15) is 9.18 Å². The van der Waals surface area contributed by atoms with Gasteiger partial charge in [0.25, 0.3) is 0 Å². The summed E-state index contributed by atoms with van der Waals surface area (Å²) in [7, 11) is 0. The van der Waals surface area contributed by atoms with Crippen molar-refractivity contribution in [3.05, 3.63) is 35.6 Å². The minimum Gasteiger partial charge on any atom is -0.351 e. The predicted molar refractivity (Wildman–Crippen MR) is 59.3 cm³/mol. The summed E-state index contributed by atoms with van der Waals surface area (Å²) in [5, 5.41) is 5.86. The Bertz CT molecular complexity index is 377. The van der Waals surface area contributed by atoms with Crippen molar-refractivity contribution >= 4 is 5.91 Å². The van der Waals surface area contributed by atoms with Crippen molar-refractivity contribution in [3.63, 3.8) is 0 Å². The van der Waals surface area contributed by atoms with Crippen LogP contribution in [0, 0.1) is 5.82 Å². The van der Waals surface area contributed by atoms with Crippen LogP contribution in [0.25, 0.3) is 0 Å². The molecule has 0 saturated heterocycles. The maximum absolute atomic E-state index is 12.8. The van der Waals surface area contributed by atoms with Crippen LogP contribution in [0.15, 0.2) is 24.3 Å². The van der Waals surface area contributed by atoms with Crippen molar-refractivity contribution < 1.29 is 9.18 Å². The summed E-state index contributed by atoms with van der Waals surface area (Å²) in [6.07, 6.45) is 2.33. The van der Waals surface area contributed by atoms with E-state index >= 15 is 0 Å². The molecule has 1 saturated carbocycles. The molecule has 0 unspecified atom stereocenters. The second-order valence-electron chi connectivity index (χ2n) is 4.06. The van der Waals surface area contributed by atoms with Crippen molar-refractivity contribution in [3.8, 4) is 0 Å². The Morgan fingerprint density at radius 3 is 2.94 bits per heavy atom. The zero-order valence-corrected chi connectivity index (χ0v) is 9.00. The quantitative estimate of drug-likeness (QED) is 0.785. The van der Waals surface area contributed by atoms with Crippen LogP contribution >= 0.6 is 0 Å². The first-order valence-corrected chi connectivity index (χ1v) is 5.48. The minimum absolute atomic E-state index is 0.0452. The first kappa shape index (κ1) is 11.1. The third kappa shape index (κ3) is 3.62. The Balaban J connectivity index is 1.71. The van der Waals surface area contributed by atoms with Crippen LogP contribution in [0.5, 0.6) is 0 Å². The highest BCUT2D eigenvalue weighted by Gasteiger charge is 2.20. The summed E-state index contributed by atoms with van der Waals surface area (Å²) in [6, 6.07) is 6.77. The van der Waals surface area contributed by atoms with Gasteiger partial charge in [0.05, 0.1) is 6.54 Å². The molecule has 2 N–H and O–H groups in total. The zero-order valence-electron chi connectivity index (χ0n) is 9.00. The van der Waals surface area contributed by atoms with E-state index in [0.29, 0.717) is 19.1 Å².